The summed E-state index contributed by atoms with van der Waals surface area (Å²) in [6.45, 7) is 5.59. The number of hydrogen-bond donors (Lipinski definition) is 0. The maximum atomic E-state index is 15.5. The lowest BCUT2D eigenvalue weighted by atomic mass is 9.76. The fourth-order valence-corrected chi connectivity index (χ4v) is 5.23. The van der Waals surface area contributed by atoms with Crippen LogP contribution in [0.1, 0.15) is 31.9 Å². The first-order valence-electron chi connectivity index (χ1n) is 12.3. The molecule has 0 aliphatic heterocycles. The number of para-hydroxylation sites is 1. The van der Waals surface area contributed by atoms with Crippen LogP contribution >= 0.6 is 0 Å². The zero-order chi connectivity index (χ0) is 26.8. The second-order valence-electron chi connectivity index (χ2n) is 10.6. The number of aromatic nitrogens is 1. The van der Waals surface area contributed by atoms with Crippen LogP contribution in [0.5, 0.6) is 0 Å². The van der Waals surface area contributed by atoms with E-state index in [1.165, 1.54) is 0 Å². The van der Waals surface area contributed by atoms with Crippen molar-refractivity contribution in [2.45, 2.75) is 26.2 Å². The number of rotatable bonds is 2. The third kappa shape index (κ3) is 3.70. The van der Waals surface area contributed by atoms with Crippen molar-refractivity contribution in [3.63, 3.8) is 0 Å². The Morgan fingerprint density at radius 2 is 1.58 bits per heavy atom. The van der Waals surface area contributed by atoms with Gasteiger partial charge < -0.3 is 4.42 Å². The van der Waals surface area contributed by atoms with Gasteiger partial charge in [0.2, 0.25) is 0 Å². The molecule has 4 aromatic carbocycles. The first-order chi connectivity index (χ1) is 18.2. The Bertz CT molecular complexity index is 1960. The molecule has 4 radical (unpaired) electrons. The largest absolute Gasteiger partial charge is 0.455 e. The van der Waals surface area contributed by atoms with Gasteiger partial charge in [-0.25, -0.2) is 4.39 Å². The van der Waals surface area contributed by atoms with Crippen LogP contribution in [0.25, 0.3) is 55.1 Å². The van der Waals surface area contributed by atoms with Crippen molar-refractivity contribution in [1.29, 1.82) is 5.26 Å². The van der Waals surface area contributed by atoms with Crippen LogP contribution in [0.4, 0.5) is 4.39 Å². The summed E-state index contributed by atoms with van der Waals surface area (Å²) < 4.78 is 22.0. The first kappa shape index (κ1) is 24.0. The van der Waals surface area contributed by atoms with E-state index in [2.05, 4.69) is 35.3 Å². The molecule has 0 unspecified atom stereocenters. The van der Waals surface area contributed by atoms with Gasteiger partial charge in [-0.3, -0.25) is 4.98 Å². The van der Waals surface area contributed by atoms with Crippen molar-refractivity contribution in [3.8, 4) is 28.5 Å². The van der Waals surface area contributed by atoms with Gasteiger partial charge in [0.05, 0.1) is 17.3 Å². The van der Waals surface area contributed by atoms with E-state index < -0.39 is 11.2 Å². The van der Waals surface area contributed by atoms with Crippen LogP contribution in [0.3, 0.4) is 0 Å². The highest BCUT2D eigenvalue weighted by Crippen LogP contribution is 2.40. The first-order valence-corrected chi connectivity index (χ1v) is 12.3. The second-order valence-corrected chi connectivity index (χ2v) is 10.6. The molecule has 0 bridgehead atoms. The normalized spacial score (nSPS) is 11.9. The number of halogens is 1. The number of nitriles is 1. The van der Waals surface area contributed by atoms with Gasteiger partial charge in [-0.1, -0.05) is 69.3 Å². The van der Waals surface area contributed by atoms with Gasteiger partial charge in [0.1, 0.15) is 32.7 Å². The van der Waals surface area contributed by atoms with Crippen molar-refractivity contribution in [2.24, 2.45) is 0 Å². The third-order valence-corrected chi connectivity index (χ3v) is 6.99. The third-order valence-electron chi connectivity index (χ3n) is 6.99. The van der Waals surface area contributed by atoms with E-state index in [1.54, 1.807) is 6.07 Å². The molecule has 0 spiro atoms. The Hall–Kier alpha value is -4.36. The molecule has 0 aliphatic rings. The number of pyridine rings is 1. The molecule has 3 nitrogen and oxygen atoms in total. The van der Waals surface area contributed by atoms with Crippen LogP contribution < -0.4 is 11.1 Å². The Morgan fingerprint density at radius 3 is 2.32 bits per heavy atom. The van der Waals surface area contributed by atoms with E-state index in [-0.39, 0.29) is 22.3 Å². The molecule has 2 heterocycles. The topological polar surface area (TPSA) is 49.8 Å². The van der Waals surface area contributed by atoms with Gasteiger partial charge >= 0.3 is 0 Å². The minimum Gasteiger partial charge on any atom is -0.455 e. The van der Waals surface area contributed by atoms with Gasteiger partial charge in [0.25, 0.3) is 0 Å². The SMILES string of the molecule is [B]c1nc(-c2cccc3c2oc2c(-c4ccc5ccccc5c4)cc(C#N)cc23)c([B])c(F)c1C(C)(C)C. The number of nitrogens with zero attached hydrogens (tertiary/aromatic N) is 2. The zero-order valence-corrected chi connectivity index (χ0v) is 21.3. The Balaban J connectivity index is 1.65. The highest BCUT2D eigenvalue weighted by molar-refractivity contribution is 6.38. The highest BCUT2D eigenvalue weighted by Gasteiger charge is 2.26. The van der Waals surface area contributed by atoms with E-state index in [1.807, 2.05) is 63.2 Å². The predicted molar refractivity (Wildman–Crippen MR) is 154 cm³/mol. The summed E-state index contributed by atoms with van der Waals surface area (Å²) in [6, 6.07) is 25.7. The number of hydrogen-bond acceptors (Lipinski definition) is 3. The Kier molecular flexibility index (Phi) is 5.43. The average Bonchev–Trinajstić information content (AvgIpc) is 3.28. The summed E-state index contributed by atoms with van der Waals surface area (Å²) in [5.41, 5.74) is 3.85. The molecule has 0 amide bonds. The van der Waals surface area contributed by atoms with Gasteiger partial charge in [0.15, 0.2) is 0 Å². The highest BCUT2D eigenvalue weighted by atomic mass is 19.1. The summed E-state index contributed by atoms with van der Waals surface area (Å²) in [5, 5.41) is 13.6. The fraction of sp³-hybridized carbons (Fsp3) is 0.125. The van der Waals surface area contributed by atoms with E-state index in [0.29, 0.717) is 22.3 Å². The van der Waals surface area contributed by atoms with Gasteiger partial charge in [0, 0.05) is 27.5 Å². The average molecular weight is 490 g/mol. The minimum absolute atomic E-state index is 0.0791. The molecule has 38 heavy (non-hydrogen) atoms. The van der Waals surface area contributed by atoms with E-state index in [0.717, 1.165) is 32.7 Å². The molecule has 6 heteroatoms. The van der Waals surface area contributed by atoms with Gasteiger partial charge in [-0.05, 0) is 57.1 Å². The number of fused-ring (bicyclic) bond motifs is 4. The molecule has 6 rings (SSSR count). The maximum Gasteiger partial charge on any atom is 0.144 e. The summed E-state index contributed by atoms with van der Waals surface area (Å²) in [7, 11) is 12.6. The number of benzene rings is 4. The van der Waals surface area contributed by atoms with Crippen molar-refractivity contribution in [3.05, 3.63) is 89.7 Å². The second kappa shape index (κ2) is 8.60. The van der Waals surface area contributed by atoms with Crippen LogP contribution in [0.2, 0.25) is 0 Å². The van der Waals surface area contributed by atoms with Crippen LogP contribution in [0.15, 0.2) is 77.2 Å². The molecule has 178 valence electrons. The van der Waals surface area contributed by atoms with Gasteiger partial charge in [-0.2, -0.15) is 5.26 Å². The summed E-state index contributed by atoms with van der Waals surface area (Å²) in [5.74, 6) is -0.572. The van der Waals surface area contributed by atoms with Crippen molar-refractivity contribution >= 4 is 59.5 Å². The number of furan rings is 1. The Morgan fingerprint density at radius 1 is 0.842 bits per heavy atom. The van der Waals surface area contributed by atoms with E-state index in [4.69, 9.17) is 20.1 Å². The fourth-order valence-electron chi connectivity index (χ4n) is 5.23. The van der Waals surface area contributed by atoms with Crippen molar-refractivity contribution in [1.82, 2.24) is 4.98 Å². The molecule has 6 aromatic rings. The lowest BCUT2D eigenvalue weighted by Crippen LogP contribution is -2.34. The van der Waals surface area contributed by atoms with Crippen LogP contribution in [0, 0.1) is 17.1 Å². The smallest absolute Gasteiger partial charge is 0.144 e. The lowest BCUT2D eigenvalue weighted by molar-refractivity contribution is 0.529. The standard InChI is InChI=1S/C32H21B2FN2O/c1-32(2,3)25-27(35)26(33)28(37-31(25)34)22-10-6-9-21-24-14-17(16-36)13-23(30(24)38-29(21)22)20-12-11-18-7-4-5-8-19(18)15-20/h4-15H,1-3H3. The van der Waals surface area contributed by atoms with Crippen molar-refractivity contribution in [2.75, 3.05) is 0 Å². The van der Waals surface area contributed by atoms with Gasteiger partial charge in [-0.15, -0.1) is 0 Å². The molecule has 0 saturated carbocycles. The molecule has 0 N–H and O–H groups in total. The van der Waals surface area contributed by atoms with Crippen molar-refractivity contribution < 1.29 is 8.81 Å². The summed E-state index contributed by atoms with van der Waals surface area (Å²) >= 11 is 0. The molecule has 2 aromatic heterocycles. The molecule has 0 atom stereocenters. The molecular formula is C32H21B2FN2O. The summed E-state index contributed by atoms with van der Waals surface area (Å²) in [6.07, 6.45) is 0. The van der Waals surface area contributed by atoms with Crippen LogP contribution in [-0.4, -0.2) is 20.7 Å². The van der Waals surface area contributed by atoms with E-state index in [9.17, 15) is 5.26 Å². The molecular weight excluding hydrogens is 469 g/mol. The maximum absolute atomic E-state index is 15.5. The quantitative estimate of drug-likeness (QED) is 0.266. The molecule has 0 saturated heterocycles. The van der Waals surface area contributed by atoms with Crippen LogP contribution in [-0.2, 0) is 5.41 Å². The minimum atomic E-state index is -0.572. The lowest BCUT2D eigenvalue weighted by Gasteiger charge is -2.24. The van der Waals surface area contributed by atoms with E-state index >= 15 is 4.39 Å². The Labute approximate surface area is 222 Å². The molecule has 0 fully saturated rings. The monoisotopic (exact) mass is 490 g/mol. The predicted octanol–water partition coefficient (Wildman–Crippen LogP) is 6.36. The molecule has 0 aliphatic carbocycles. The zero-order valence-electron chi connectivity index (χ0n) is 21.3. The summed E-state index contributed by atoms with van der Waals surface area (Å²) in [4.78, 5) is 4.54.